The van der Waals surface area contributed by atoms with Gasteiger partial charge in [-0.05, 0) is 24.1 Å². The van der Waals surface area contributed by atoms with Crippen LogP contribution in [0, 0.1) is 0 Å². The Kier molecular flexibility index (Phi) is 5.86. The van der Waals surface area contributed by atoms with Crippen molar-refractivity contribution in [3.63, 3.8) is 0 Å². The maximum absolute atomic E-state index is 10.8. The van der Waals surface area contributed by atoms with Crippen molar-refractivity contribution in [2.75, 3.05) is 6.54 Å². The van der Waals surface area contributed by atoms with Crippen molar-refractivity contribution in [1.82, 2.24) is 10.7 Å². The molecule has 1 aromatic carbocycles. The van der Waals surface area contributed by atoms with Crippen molar-refractivity contribution >= 4 is 17.8 Å². The highest BCUT2D eigenvalue weighted by molar-refractivity contribution is 7.99. The van der Waals surface area contributed by atoms with Gasteiger partial charge in [-0.15, -0.1) is 11.8 Å². The molecule has 0 aliphatic rings. The monoisotopic (exact) mass is 253 g/mol. The molecule has 0 unspecified atom stereocenters. The summed E-state index contributed by atoms with van der Waals surface area (Å²) < 4.78 is 0. The summed E-state index contributed by atoms with van der Waals surface area (Å²) in [5, 5.41) is 3.24. The predicted molar refractivity (Wildman–Crippen MR) is 71.9 cm³/mol. The van der Waals surface area contributed by atoms with Gasteiger partial charge < -0.3 is 5.32 Å². The Labute approximate surface area is 106 Å². The molecular formula is C12H19N3OS. The first kappa shape index (κ1) is 13.9. The average Bonchev–Trinajstić information content (AvgIpc) is 2.30. The first-order valence-corrected chi connectivity index (χ1v) is 6.50. The molecule has 0 fully saturated rings. The fraction of sp³-hybridized carbons (Fsp3) is 0.417. The molecule has 0 atom stereocenters. The fourth-order valence-electron chi connectivity index (χ4n) is 1.38. The van der Waals surface area contributed by atoms with E-state index in [0.717, 1.165) is 6.42 Å². The quantitative estimate of drug-likeness (QED) is 0.325. The van der Waals surface area contributed by atoms with Gasteiger partial charge in [0.2, 0.25) is 0 Å². The van der Waals surface area contributed by atoms with E-state index in [1.54, 1.807) is 0 Å². The molecule has 94 valence electrons. The normalized spacial score (nSPS) is 10.4. The van der Waals surface area contributed by atoms with Crippen LogP contribution < -0.4 is 16.6 Å². The number of hydrazine groups is 1. The predicted octanol–water partition coefficient (Wildman–Crippen LogP) is 1.90. The van der Waals surface area contributed by atoms with E-state index < -0.39 is 0 Å². The van der Waals surface area contributed by atoms with Crippen LogP contribution >= 0.6 is 11.8 Å². The van der Waals surface area contributed by atoms with Crippen LogP contribution in [-0.2, 0) is 6.42 Å². The second-order valence-corrected chi connectivity index (χ2v) is 5.61. The summed E-state index contributed by atoms with van der Waals surface area (Å²) >= 11 is 1.84. The van der Waals surface area contributed by atoms with E-state index in [1.807, 2.05) is 17.2 Å². The van der Waals surface area contributed by atoms with Gasteiger partial charge in [-0.25, -0.2) is 10.6 Å². The molecule has 0 bridgehead atoms. The van der Waals surface area contributed by atoms with Crippen molar-refractivity contribution in [3.05, 3.63) is 29.8 Å². The number of rotatable bonds is 5. The number of benzene rings is 1. The van der Waals surface area contributed by atoms with Crippen LogP contribution in [-0.4, -0.2) is 17.8 Å². The molecule has 0 aliphatic carbocycles. The lowest BCUT2D eigenvalue weighted by Gasteiger charge is -2.07. The summed E-state index contributed by atoms with van der Waals surface area (Å²) in [4.78, 5) is 12.1. The van der Waals surface area contributed by atoms with Crippen molar-refractivity contribution in [2.45, 2.75) is 30.4 Å². The maximum atomic E-state index is 10.8. The molecule has 0 spiro atoms. The van der Waals surface area contributed by atoms with Gasteiger partial charge >= 0.3 is 6.03 Å². The van der Waals surface area contributed by atoms with Crippen LogP contribution in [0.1, 0.15) is 19.4 Å². The molecule has 0 radical (unpaired) electrons. The highest BCUT2D eigenvalue weighted by atomic mass is 32.2. The number of urea groups is 1. The minimum atomic E-state index is -0.350. The van der Waals surface area contributed by atoms with E-state index in [0.29, 0.717) is 11.8 Å². The zero-order valence-corrected chi connectivity index (χ0v) is 11.0. The van der Waals surface area contributed by atoms with Gasteiger partial charge in [0.05, 0.1) is 0 Å². The van der Waals surface area contributed by atoms with Gasteiger partial charge in [0.15, 0.2) is 0 Å². The molecule has 4 nitrogen and oxygen atoms in total. The number of hydrogen-bond acceptors (Lipinski definition) is 3. The SMILES string of the molecule is CC(C)Sc1ccc(CCNC(=O)NN)cc1. The fourth-order valence-corrected chi connectivity index (χ4v) is 2.22. The lowest BCUT2D eigenvalue weighted by molar-refractivity contribution is 0.241. The van der Waals surface area contributed by atoms with E-state index >= 15 is 0 Å². The highest BCUT2D eigenvalue weighted by Gasteiger charge is 2.00. The molecule has 0 heterocycles. The Hall–Kier alpha value is -1.20. The Morgan fingerprint density at radius 3 is 2.53 bits per heavy atom. The number of hydrogen-bond donors (Lipinski definition) is 3. The van der Waals surface area contributed by atoms with Gasteiger partial charge in [-0.1, -0.05) is 26.0 Å². The van der Waals surface area contributed by atoms with Gasteiger partial charge in [0.25, 0.3) is 0 Å². The number of amides is 2. The molecule has 17 heavy (non-hydrogen) atoms. The Bertz CT molecular complexity index is 351. The number of carbonyl (C=O) groups excluding carboxylic acids is 1. The Morgan fingerprint density at radius 2 is 2.00 bits per heavy atom. The standard InChI is InChI=1S/C12H19N3OS/c1-9(2)17-11-5-3-10(4-6-11)7-8-14-12(16)15-13/h3-6,9H,7-8,13H2,1-2H3,(H2,14,15,16). The summed E-state index contributed by atoms with van der Waals surface area (Å²) in [6, 6.07) is 8.06. The number of nitrogens with two attached hydrogens (primary N) is 1. The lowest BCUT2D eigenvalue weighted by Crippen LogP contribution is -2.40. The van der Waals surface area contributed by atoms with Crippen molar-refractivity contribution in [1.29, 1.82) is 0 Å². The molecular weight excluding hydrogens is 234 g/mol. The largest absolute Gasteiger partial charge is 0.337 e. The molecule has 1 aromatic rings. The van der Waals surface area contributed by atoms with Gasteiger partial charge in [0.1, 0.15) is 0 Å². The molecule has 0 aliphatic heterocycles. The minimum Gasteiger partial charge on any atom is -0.337 e. The average molecular weight is 253 g/mol. The third-order valence-electron chi connectivity index (χ3n) is 2.13. The second kappa shape index (κ2) is 7.19. The van der Waals surface area contributed by atoms with Crippen LogP contribution in [0.5, 0.6) is 0 Å². The summed E-state index contributed by atoms with van der Waals surface area (Å²) in [6.07, 6.45) is 0.806. The first-order valence-electron chi connectivity index (χ1n) is 5.62. The summed E-state index contributed by atoms with van der Waals surface area (Å²) in [7, 11) is 0. The van der Waals surface area contributed by atoms with Crippen LogP contribution in [0.2, 0.25) is 0 Å². The van der Waals surface area contributed by atoms with Crippen molar-refractivity contribution < 1.29 is 4.79 Å². The zero-order chi connectivity index (χ0) is 12.7. The lowest BCUT2D eigenvalue weighted by atomic mass is 10.1. The van der Waals surface area contributed by atoms with Crippen molar-refractivity contribution in [3.8, 4) is 0 Å². The zero-order valence-electron chi connectivity index (χ0n) is 10.2. The highest BCUT2D eigenvalue weighted by Crippen LogP contribution is 2.22. The van der Waals surface area contributed by atoms with Gasteiger partial charge in [-0.2, -0.15) is 0 Å². The van der Waals surface area contributed by atoms with Crippen molar-refractivity contribution in [2.24, 2.45) is 5.84 Å². The molecule has 1 rings (SSSR count). The molecule has 0 saturated heterocycles. The van der Waals surface area contributed by atoms with E-state index in [9.17, 15) is 4.79 Å². The van der Waals surface area contributed by atoms with Crippen LogP contribution in [0.15, 0.2) is 29.2 Å². The topological polar surface area (TPSA) is 67.2 Å². The van der Waals surface area contributed by atoms with Crippen LogP contribution in [0.3, 0.4) is 0 Å². The molecule has 0 aromatic heterocycles. The van der Waals surface area contributed by atoms with E-state index in [4.69, 9.17) is 5.84 Å². The molecule has 0 saturated carbocycles. The van der Waals surface area contributed by atoms with Gasteiger partial charge in [-0.3, -0.25) is 5.43 Å². The number of nitrogens with one attached hydrogen (secondary N) is 2. The van der Waals surface area contributed by atoms with Gasteiger partial charge in [0, 0.05) is 16.7 Å². The summed E-state index contributed by atoms with van der Waals surface area (Å²) in [5.74, 6) is 4.95. The Morgan fingerprint density at radius 1 is 1.35 bits per heavy atom. The van der Waals surface area contributed by atoms with Crippen LogP contribution in [0.4, 0.5) is 4.79 Å². The Balaban J connectivity index is 2.37. The van der Waals surface area contributed by atoms with E-state index in [2.05, 4.69) is 43.4 Å². The summed E-state index contributed by atoms with van der Waals surface area (Å²) in [5.41, 5.74) is 3.23. The van der Waals surface area contributed by atoms with Crippen LogP contribution in [0.25, 0.3) is 0 Å². The number of carbonyl (C=O) groups is 1. The molecule has 4 N–H and O–H groups in total. The summed E-state index contributed by atoms with van der Waals surface area (Å²) in [6.45, 7) is 4.93. The van der Waals surface area contributed by atoms with E-state index in [1.165, 1.54) is 10.5 Å². The first-order chi connectivity index (χ1) is 8.11. The number of thioether (sulfide) groups is 1. The molecule has 2 amide bonds. The smallest absolute Gasteiger partial charge is 0.328 e. The second-order valence-electron chi connectivity index (χ2n) is 3.96. The third-order valence-corrected chi connectivity index (χ3v) is 3.14. The minimum absolute atomic E-state index is 0.350. The van der Waals surface area contributed by atoms with E-state index in [-0.39, 0.29) is 6.03 Å². The third kappa shape index (κ3) is 5.60. The molecule has 5 heteroatoms. The maximum Gasteiger partial charge on any atom is 0.328 e.